The number of para-hydroxylation sites is 2. The predicted molar refractivity (Wildman–Crippen MR) is 107 cm³/mol. The van der Waals surface area contributed by atoms with Crippen LogP contribution >= 0.6 is 0 Å². The van der Waals surface area contributed by atoms with E-state index >= 15 is 0 Å². The number of benzene rings is 3. The molecule has 1 amide bonds. The van der Waals surface area contributed by atoms with Gasteiger partial charge in [-0.1, -0.05) is 43.3 Å². The number of nitrogens with one attached hydrogen (secondary N) is 1. The second-order valence-electron chi connectivity index (χ2n) is 6.15. The van der Waals surface area contributed by atoms with Gasteiger partial charge in [0.05, 0.1) is 0 Å². The molecule has 0 aromatic heterocycles. The highest BCUT2D eigenvalue weighted by molar-refractivity contribution is 5.94. The number of hydrogen-bond acceptors (Lipinski definition) is 3. The Labute approximate surface area is 159 Å². The fraction of sp³-hybridized carbons (Fsp3) is 0.174. The first kappa shape index (κ1) is 18.5. The monoisotopic (exact) mass is 361 g/mol. The van der Waals surface area contributed by atoms with E-state index in [2.05, 4.69) is 12.2 Å². The van der Waals surface area contributed by atoms with E-state index in [0.29, 0.717) is 11.4 Å². The molecular formula is C23H23NO3. The van der Waals surface area contributed by atoms with Crippen molar-refractivity contribution in [3.8, 4) is 17.2 Å². The van der Waals surface area contributed by atoms with Gasteiger partial charge in [0, 0.05) is 5.69 Å². The minimum Gasteiger partial charge on any atom is -0.481 e. The Balaban J connectivity index is 1.58. The van der Waals surface area contributed by atoms with Crippen LogP contribution in [-0.4, -0.2) is 12.0 Å². The Morgan fingerprint density at radius 1 is 0.889 bits per heavy atom. The average Bonchev–Trinajstić information content (AvgIpc) is 2.70. The number of ether oxygens (including phenoxy) is 2. The highest BCUT2D eigenvalue weighted by Gasteiger charge is 2.16. The maximum Gasteiger partial charge on any atom is 0.265 e. The summed E-state index contributed by atoms with van der Waals surface area (Å²) in [5, 5.41) is 2.87. The summed E-state index contributed by atoms with van der Waals surface area (Å²) in [6.45, 7) is 3.81. The van der Waals surface area contributed by atoms with Crippen LogP contribution in [0.3, 0.4) is 0 Å². The molecule has 3 aromatic rings. The second-order valence-corrected chi connectivity index (χ2v) is 6.15. The summed E-state index contributed by atoms with van der Waals surface area (Å²) < 4.78 is 11.6. The lowest BCUT2D eigenvalue weighted by molar-refractivity contribution is -0.122. The topological polar surface area (TPSA) is 47.6 Å². The van der Waals surface area contributed by atoms with Gasteiger partial charge in [-0.3, -0.25) is 4.79 Å². The second kappa shape index (κ2) is 8.90. The van der Waals surface area contributed by atoms with Gasteiger partial charge in [0.15, 0.2) is 6.10 Å². The Morgan fingerprint density at radius 2 is 1.52 bits per heavy atom. The van der Waals surface area contributed by atoms with E-state index in [4.69, 9.17) is 9.47 Å². The molecule has 3 aromatic carbocycles. The molecule has 1 N–H and O–H groups in total. The third-order valence-electron chi connectivity index (χ3n) is 4.13. The van der Waals surface area contributed by atoms with Crippen LogP contribution in [0.1, 0.15) is 19.4 Å². The first-order chi connectivity index (χ1) is 13.2. The highest BCUT2D eigenvalue weighted by atomic mass is 16.5. The van der Waals surface area contributed by atoms with Crippen molar-refractivity contribution in [1.29, 1.82) is 0 Å². The van der Waals surface area contributed by atoms with Crippen molar-refractivity contribution in [3.05, 3.63) is 84.4 Å². The normalized spacial score (nSPS) is 11.5. The van der Waals surface area contributed by atoms with Gasteiger partial charge < -0.3 is 14.8 Å². The number of anilines is 1. The quantitative estimate of drug-likeness (QED) is 0.609. The molecule has 0 aliphatic carbocycles. The zero-order valence-corrected chi connectivity index (χ0v) is 15.5. The number of carbonyl (C=O) groups excluding carboxylic acids is 1. The van der Waals surface area contributed by atoms with Gasteiger partial charge in [-0.25, -0.2) is 0 Å². The van der Waals surface area contributed by atoms with Crippen molar-refractivity contribution in [1.82, 2.24) is 0 Å². The fourth-order valence-corrected chi connectivity index (χ4v) is 2.63. The summed E-state index contributed by atoms with van der Waals surface area (Å²) in [6, 6.07) is 24.6. The van der Waals surface area contributed by atoms with Crippen LogP contribution in [-0.2, 0) is 11.2 Å². The van der Waals surface area contributed by atoms with Crippen molar-refractivity contribution >= 4 is 11.6 Å². The van der Waals surface area contributed by atoms with Crippen LogP contribution in [0.15, 0.2) is 78.9 Å². The first-order valence-corrected chi connectivity index (χ1v) is 9.04. The molecule has 4 heteroatoms. The van der Waals surface area contributed by atoms with Crippen molar-refractivity contribution in [2.45, 2.75) is 26.4 Å². The van der Waals surface area contributed by atoms with Gasteiger partial charge in [0.2, 0.25) is 0 Å². The minimum absolute atomic E-state index is 0.197. The first-order valence-electron chi connectivity index (χ1n) is 9.04. The Bertz CT molecular complexity index is 876. The molecule has 3 rings (SSSR count). The van der Waals surface area contributed by atoms with Crippen molar-refractivity contribution in [2.75, 3.05) is 5.32 Å². The largest absolute Gasteiger partial charge is 0.481 e. The van der Waals surface area contributed by atoms with Gasteiger partial charge in [0.1, 0.15) is 17.2 Å². The molecule has 0 unspecified atom stereocenters. The molecular weight excluding hydrogens is 338 g/mol. The van der Waals surface area contributed by atoms with Crippen LogP contribution in [0.25, 0.3) is 0 Å². The molecule has 0 heterocycles. The van der Waals surface area contributed by atoms with E-state index in [-0.39, 0.29) is 5.91 Å². The van der Waals surface area contributed by atoms with Gasteiger partial charge in [-0.2, -0.15) is 0 Å². The predicted octanol–water partition coefficient (Wildman–Crippen LogP) is 5.45. The molecule has 0 aliphatic rings. The van der Waals surface area contributed by atoms with Gasteiger partial charge in [-0.05, 0) is 61.4 Å². The van der Waals surface area contributed by atoms with Crippen molar-refractivity contribution in [3.63, 3.8) is 0 Å². The molecule has 0 bridgehead atoms. The zero-order chi connectivity index (χ0) is 19.1. The van der Waals surface area contributed by atoms with Gasteiger partial charge in [-0.15, -0.1) is 0 Å². The van der Waals surface area contributed by atoms with Crippen LogP contribution < -0.4 is 14.8 Å². The summed E-state index contributed by atoms with van der Waals surface area (Å²) in [6.07, 6.45) is 0.255. The van der Waals surface area contributed by atoms with Crippen LogP contribution in [0.2, 0.25) is 0 Å². The number of amides is 1. The zero-order valence-electron chi connectivity index (χ0n) is 15.5. The minimum atomic E-state index is -0.599. The number of carbonyl (C=O) groups is 1. The molecule has 27 heavy (non-hydrogen) atoms. The lowest BCUT2D eigenvalue weighted by Crippen LogP contribution is -2.30. The maximum absolute atomic E-state index is 12.4. The van der Waals surface area contributed by atoms with E-state index in [0.717, 1.165) is 23.5 Å². The molecule has 0 radical (unpaired) electrons. The standard InChI is InChI=1S/C23H23NO3/c1-3-18-9-7-8-12-22(18)26-17(2)23(25)24-19-13-15-21(16-14-19)27-20-10-5-4-6-11-20/h4-17H,3H2,1-2H3,(H,24,25)/t17-/m1/s1. The van der Waals surface area contributed by atoms with E-state index in [1.165, 1.54) is 0 Å². The Morgan fingerprint density at radius 3 is 2.22 bits per heavy atom. The van der Waals surface area contributed by atoms with Crippen LogP contribution in [0, 0.1) is 0 Å². The molecule has 4 nitrogen and oxygen atoms in total. The van der Waals surface area contributed by atoms with Gasteiger partial charge in [0.25, 0.3) is 5.91 Å². The SMILES string of the molecule is CCc1ccccc1O[C@H](C)C(=O)Nc1ccc(Oc2ccccc2)cc1. The van der Waals surface area contributed by atoms with E-state index in [1.807, 2.05) is 78.9 Å². The molecule has 0 aliphatic heterocycles. The lowest BCUT2D eigenvalue weighted by Gasteiger charge is -2.17. The number of rotatable bonds is 7. The van der Waals surface area contributed by atoms with E-state index in [9.17, 15) is 4.79 Å². The molecule has 0 spiro atoms. The molecule has 138 valence electrons. The Kier molecular flexibility index (Phi) is 6.10. The summed E-state index contributed by atoms with van der Waals surface area (Å²) in [4.78, 5) is 12.4. The summed E-state index contributed by atoms with van der Waals surface area (Å²) in [7, 11) is 0. The van der Waals surface area contributed by atoms with Crippen molar-refractivity contribution in [2.24, 2.45) is 0 Å². The van der Waals surface area contributed by atoms with Crippen LogP contribution in [0.4, 0.5) is 5.69 Å². The summed E-state index contributed by atoms with van der Waals surface area (Å²) in [5.74, 6) is 2.03. The Hall–Kier alpha value is -3.27. The van der Waals surface area contributed by atoms with Crippen molar-refractivity contribution < 1.29 is 14.3 Å². The van der Waals surface area contributed by atoms with E-state index in [1.54, 1.807) is 6.92 Å². The maximum atomic E-state index is 12.4. The molecule has 0 saturated carbocycles. The summed E-state index contributed by atoms with van der Waals surface area (Å²) >= 11 is 0. The molecule has 1 atom stereocenters. The fourth-order valence-electron chi connectivity index (χ4n) is 2.63. The van der Waals surface area contributed by atoms with Gasteiger partial charge >= 0.3 is 0 Å². The third kappa shape index (κ3) is 5.11. The number of aryl methyl sites for hydroxylation is 1. The molecule has 0 saturated heterocycles. The van der Waals surface area contributed by atoms with Crippen LogP contribution in [0.5, 0.6) is 17.2 Å². The average molecular weight is 361 g/mol. The highest BCUT2D eigenvalue weighted by Crippen LogP contribution is 2.23. The number of hydrogen-bond donors (Lipinski definition) is 1. The molecule has 0 fully saturated rings. The lowest BCUT2D eigenvalue weighted by atomic mass is 10.1. The van der Waals surface area contributed by atoms with E-state index < -0.39 is 6.10 Å². The third-order valence-corrected chi connectivity index (χ3v) is 4.13. The smallest absolute Gasteiger partial charge is 0.265 e. The summed E-state index contributed by atoms with van der Waals surface area (Å²) in [5.41, 5.74) is 1.78.